The standard InChI is InChI=1S/C18H20N2O7S/c1-25-12-7-11(8-13(26-2)16(12)22)9-14-17(23)20(18(24)28-14)10-15(21)19-3-5-27-6-4-19/h7-9,22H,3-6,10H2,1-2H3/b14-9+. The van der Waals surface area contributed by atoms with Crippen molar-refractivity contribution in [3.63, 3.8) is 0 Å². The van der Waals surface area contributed by atoms with Crippen LogP contribution in [0.25, 0.3) is 6.08 Å². The van der Waals surface area contributed by atoms with E-state index in [0.717, 1.165) is 16.7 Å². The van der Waals surface area contributed by atoms with Crippen LogP contribution in [0.2, 0.25) is 0 Å². The fraction of sp³-hybridized carbons (Fsp3) is 0.389. The first-order valence-electron chi connectivity index (χ1n) is 8.50. The van der Waals surface area contributed by atoms with Crippen molar-refractivity contribution in [3.8, 4) is 17.2 Å². The van der Waals surface area contributed by atoms with E-state index < -0.39 is 11.1 Å². The summed E-state index contributed by atoms with van der Waals surface area (Å²) in [5.74, 6) is -0.645. The first kappa shape index (κ1) is 20.0. The summed E-state index contributed by atoms with van der Waals surface area (Å²) < 4.78 is 15.4. The molecule has 0 bridgehead atoms. The van der Waals surface area contributed by atoms with Crippen LogP contribution >= 0.6 is 11.8 Å². The van der Waals surface area contributed by atoms with Crippen LogP contribution in [0, 0.1) is 0 Å². The van der Waals surface area contributed by atoms with Crippen molar-refractivity contribution in [1.82, 2.24) is 9.80 Å². The van der Waals surface area contributed by atoms with Crippen LogP contribution in [0.5, 0.6) is 17.2 Å². The highest BCUT2D eigenvalue weighted by molar-refractivity contribution is 8.18. The second-order valence-corrected chi connectivity index (χ2v) is 7.03. The predicted octanol–water partition coefficient (Wildman–Crippen LogP) is 1.30. The lowest BCUT2D eigenvalue weighted by Gasteiger charge is -2.28. The van der Waals surface area contributed by atoms with Crippen LogP contribution in [0.3, 0.4) is 0 Å². The van der Waals surface area contributed by atoms with Gasteiger partial charge in [-0.05, 0) is 35.5 Å². The normalized spacial score (nSPS) is 18.7. The van der Waals surface area contributed by atoms with Crippen molar-refractivity contribution >= 4 is 34.9 Å². The first-order chi connectivity index (χ1) is 13.4. The van der Waals surface area contributed by atoms with Crippen molar-refractivity contribution in [2.24, 2.45) is 0 Å². The topological polar surface area (TPSA) is 106 Å². The number of amides is 3. The van der Waals surface area contributed by atoms with Crippen molar-refractivity contribution < 1.29 is 33.7 Å². The van der Waals surface area contributed by atoms with Crippen molar-refractivity contribution in [2.45, 2.75) is 0 Å². The molecule has 2 heterocycles. The summed E-state index contributed by atoms with van der Waals surface area (Å²) in [6.07, 6.45) is 1.49. The Labute approximate surface area is 165 Å². The van der Waals surface area contributed by atoms with Gasteiger partial charge in [0.05, 0.1) is 32.3 Å². The quantitative estimate of drug-likeness (QED) is 0.727. The largest absolute Gasteiger partial charge is 0.502 e. The zero-order valence-corrected chi connectivity index (χ0v) is 16.3. The van der Waals surface area contributed by atoms with E-state index in [9.17, 15) is 19.5 Å². The lowest BCUT2D eigenvalue weighted by atomic mass is 10.1. The fourth-order valence-electron chi connectivity index (χ4n) is 2.83. The number of aromatic hydroxyl groups is 1. The minimum atomic E-state index is -0.539. The maximum atomic E-state index is 12.6. The number of carbonyl (C=O) groups excluding carboxylic acids is 3. The second-order valence-electron chi connectivity index (χ2n) is 6.04. The number of imide groups is 1. The third-order valence-electron chi connectivity index (χ3n) is 4.33. The number of benzene rings is 1. The Morgan fingerprint density at radius 2 is 1.82 bits per heavy atom. The summed E-state index contributed by atoms with van der Waals surface area (Å²) in [4.78, 5) is 39.9. The lowest BCUT2D eigenvalue weighted by molar-refractivity contribution is -0.139. The molecular formula is C18H20N2O7S. The number of carbonyl (C=O) groups is 3. The summed E-state index contributed by atoms with van der Waals surface area (Å²) >= 11 is 0.755. The molecule has 0 unspecified atom stereocenters. The SMILES string of the molecule is COc1cc(/C=C2/SC(=O)N(CC(=O)N3CCOCC3)C2=O)cc(OC)c1O. The molecule has 1 N–H and O–H groups in total. The minimum Gasteiger partial charge on any atom is -0.502 e. The van der Waals surface area contributed by atoms with Gasteiger partial charge in [0.15, 0.2) is 11.5 Å². The summed E-state index contributed by atoms with van der Waals surface area (Å²) in [6.45, 7) is 1.47. The molecule has 0 saturated carbocycles. The van der Waals surface area contributed by atoms with Crippen LogP contribution in [-0.2, 0) is 14.3 Å². The number of hydrogen-bond acceptors (Lipinski definition) is 8. The highest BCUT2D eigenvalue weighted by Crippen LogP contribution is 2.39. The Hall–Kier alpha value is -2.72. The van der Waals surface area contributed by atoms with Crippen LogP contribution in [0.4, 0.5) is 4.79 Å². The van der Waals surface area contributed by atoms with Gasteiger partial charge in [0.2, 0.25) is 11.7 Å². The van der Waals surface area contributed by atoms with Gasteiger partial charge >= 0.3 is 0 Å². The molecule has 2 saturated heterocycles. The molecule has 0 aliphatic carbocycles. The lowest BCUT2D eigenvalue weighted by Crippen LogP contribution is -2.46. The molecule has 0 radical (unpaired) electrons. The molecule has 2 aliphatic rings. The molecule has 1 aromatic carbocycles. The molecule has 2 fully saturated rings. The highest BCUT2D eigenvalue weighted by Gasteiger charge is 2.37. The van der Waals surface area contributed by atoms with Gasteiger partial charge in [0.1, 0.15) is 6.54 Å². The number of phenols is 1. The van der Waals surface area contributed by atoms with Gasteiger partial charge in [-0.3, -0.25) is 19.3 Å². The Kier molecular flexibility index (Phi) is 6.10. The monoisotopic (exact) mass is 408 g/mol. The summed E-state index contributed by atoms with van der Waals surface area (Å²) in [6, 6.07) is 3.04. The molecule has 9 nitrogen and oxygen atoms in total. The average molecular weight is 408 g/mol. The third-order valence-corrected chi connectivity index (χ3v) is 5.24. The van der Waals surface area contributed by atoms with E-state index in [0.29, 0.717) is 31.9 Å². The van der Waals surface area contributed by atoms with E-state index >= 15 is 0 Å². The number of rotatable bonds is 5. The summed E-state index contributed by atoms with van der Waals surface area (Å²) in [5, 5.41) is 9.47. The molecule has 2 aliphatic heterocycles. The number of phenolic OH excluding ortho intramolecular Hbond substituents is 1. The highest BCUT2D eigenvalue weighted by atomic mass is 32.2. The Bertz CT molecular complexity index is 808. The van der Waals surface area contributed by atoms with Crippen LogP contribution in [-0.4, -0.2) is 79.0 Å². The average Bonchev–Trinajstić information content (AvgIpc) is 2.97. The van der Waals surface area contributed by atoms with E-state index in [1.165, 1.54) is 32.4 Å². The van der Waals surface area contributed by atoms with Crippen molar-refractivity contribution in [2.75, 3.05) is 47.1 Å². The maximum Gasteiger partial charge on any atom is 0.294 e. The summed E-state index contributed by atoms with van der Waals surface area (Å²) in [5.41, 5.74) is 0.511. The molecule has 0 aromatic heterocycles. The van der Waals surface area contributed by atoms with Gasteiger partial charge in [-0.1, -0.05) is 0 Å². The van der Waals surface area contributed by atoms with E-state index in [4.69, 9.17) is 14.2 Å². The number of hydrogen-bond donors (Lipinski definition) is 1. The Morgan fingerprint density at radius 3 is 2.39 bits per heavy atom. The smallest absolute Gasteiger partial charge is 0.294 e. The summed E-state index contributed by atoms with van der Waals surface area (Å²) in [7, 11) is 2.78. The molecule has 1 aromatic rings. The Balaban J connectivity index is 1.78. The van der Waals surface area contributed by atoms with Crippen molar-refractivity contribution in [3.05, 3.63) is 22.6 Å². The van der Waals surface area contributed by atoms with Gasteiger partial charge < -0.3 is 24.2 Å². The molecule has 28 heavy (non-hydrogen) atoms. The minimum absolute atomic E-state index is 0.161. The molecule has 0 spiro atoms. The molecule has 10 heteroatoms. The molecular weight excluding hydrogens is 388 g/mol. The number of morpholine rings is 1. The van der Waals surface area contributed by atoms with Crippen LogP contribution in [0.1, 0.15) is 5.56 Å². The van der Waals surface area contributed by atoms with Gasteiger partial charge in [-0.2, -0.15) is 0 Å². The van der Waals surface area contributed by atoms with Crippen LogP contribution < -0.4 is 9.47 Å². The third kappa shape index (κ3) is 4.07. The van der Waals surface area contributed by atoms with Gasteiger partial charge in [0, 0.05) is 13.1 Å². The first-order valence-corrected chi connectivity index (χ1v) is 9.32. The number of thioether (sulfide) groups is 1. The maximum absolute atomic E-state index is 12.6. The zero-order chi connectivity index (χ0) is 20.3. The number of nitrogens with zero attached hydrogens (tertiary/aromatic N) is 2. The van der Waals surface area contributed by atoms with E-state index in [1.54, 1.807) is 4.90 Å². The van der Waals surface area contributed by atoms with Crippen molar-refractivity contribution in [1.29, 1.82) is 0 Å². The Morgan fingerprint density at radius 1 is 1.21 bits per heavy atom. The predicted molar refractivity (Wildman–Crippen MR) is 101 cm³/mol. The fourth-order valence-corrected chi connectivity index (χ4v) is 3.67. The van der Waals surface area contributed by atoms with Gasteiger partial charge in [-0.25, -0.2) is 0 Å². The van der Waals surface area contributed by atoms with E-state index in [-0.39, 0.29) is 34.6 Å². The molecule has 3 amide bonds. The molecule has 0 atom stereocenters. The van der Waals surface area contributed by atoms with Gasteiger partial charge in [0.25, 0.3) is 11.1 Å². The number of methoxy groups -OCH3 is 2. The second kappa shape index (κ2) is 8.53. The molecule has 3 rings (SSSR count). The van der Waals surface area contributed by atoms with Crippen LogP contribution in [0.15, 0.2) is 17.0 Å². The zero-order valence-electron chi connectivity index (χ0n) is 15.5. The molecule has 150 valence electrons. The van der Waals surface area contributed by atoms with Gasteiger partial charge in [-0.15, -0.1) is 0 Å². The van der Waals surface area contributed by atoms with E-state index in [1.807, 2.05) is 0 Å². The van der Waals surface area contributed by atoms with E-state index in [2.05, 4.69) is 0 Å². The number of ether oxygens (including phenoxy) is 3.